The first-order chi connectivity index (χ1) is 25.2. The number of aryl methyl sites for hydroxylation is 1. The monoisotopic (exact) mass is 706 g/mol. The summed E-state index contributed by atoms with van der Waals surface area (Å²) in [6, 6.07) is 16.7. The number of hydrazine groups is 2. The van der Waals surface area contributed by atoms with Gasteiger partial charge in [0.15, 0.2) is 0 Å². The summed E-state index contributed by atoms with van der Waals surface area (Å²) in [6.07, 6.45) is 19.8. The number of hydrogen-bond acceptors (Lipinski definition) is 7. The molecule has 0 radical (unpaired) electrons. The third-order valence-corrected chi connectivity index (χ3v) is 10.4. The van der Waals surface area contributed by atoms with Crippen LogP contribution < -0.4 is 11.0 Å². The van der Waals surface area contributed by atoms with Gasteiger partial charge in [0, 0.05) is 37.4 Å². The minimum absolute atomic E-state index is 0.0415. The van der Waals surface area contributed by atoms with Gasteiger partial charge in [-0.1, -0.05) is 106 Å². The van der Waals surface area contributed by atoms with Gasteiger partial charge in [-0.05, 0) is 100 Å². The molecule has 3 aromatic rings. The van der Waals surface area contributed by atoms with Crippen molar-refractivity contribution in [1.29, 1.82) is 0 Å². The fraction of sp³-hybridized carbons (Fsp3) is 0.455. The molecule has 2 aliphatic rings. The molecule has 2 N–H and O–H groups in total. The number of likely N-dealkylation sites (tertiary alicyclic amines) is 1. The highest BCUT2D eigenvalue weighted by Gasteiger charge is 2.39. The Kier molecular flexibility index (Phi) is 16.0. The molecule has 0 amide bonds. The number of esters is 1. The smallest absolute Gasteiger partial charge is 0.312 e. The lowest BCUT2D eigenvalue weighted by molar-refractivity contribution is -0.156. The van der Waals surface area contributed by atoms with Crippen molar-refractivity contribution in [2.75, 3.05) is 19.6 Å². The molecule has 52 heavy (non-hydrogen) atoms. The molecule has 0 spiro atoms. The second kappa shape index (κ2) is 20.6. The van der Waals surface area contributed by atoms with Crippen LogP contribution in [0.1, 0.15) is 100 Å². The largest absolute Gasteiger partial charge is 0.460 e. The third kappa shape index (κ3) is 11.8. The van der Waals surface area contributed by atoms with Gasteiger partial charge in [0.05, 0.1) is 12.0 Å². The summed E-state index contributed by atoms with van der Waals surface area (Å²) in [6.45, 7) is 22.8. The molecule has 2 aromatic carbocycles. The van der Waals surface area contributed by atoms with Gasteiger partial charge in [0.2, 0.25) is 0 Å². The van der Waals surface area contributed by atoms with Crippen LogP contribution >= 0.6 is 0 Å². The summed E-state index contributed by atoms with van der Waals surface area (Å²) < 4.78 is 8.25. The average Bonchev–Trinajstić information content (AvgIpc) is 3.80. The number of ether oxygens (including phenoxy) is 1. The van der Waals surface area contributed by atoms with E-state index in [-0.39, 0.29) is 18.5 Å². The zero-order chi connectivity index (χ0) is 37.3. The van der Waals surface area contributed by atoms with Gasteiger partial charge in [0.25, 0.3) is 0 Å². The van der Waals surface area contributed by atoms with Gasteiger partial charge < -0.3 is 14.7 Å². The van der Waals surface area contributed by atoms with Crippen LogP contribution in [0.25, 0.3) is 0 Å². The van der Waals surface area contributed by atoms with Crippen molar-refractivity contribution in [2.24, 2.45) is 11.3 Å². The van der Waals surface area contributed by atoms with E-state index < -0.39 is 5.41 Å². The van der Waals surface area contributed by atoms with E-state index in [1.165, 1.54) is 36.0 Å². The van der Waals surface area contributed by atoms with Crippen molar-refractivity contribution < 1.29 is 9.53 Å². The number of benzene rings is 2. The topological polar surface area (TPSA) is 74.7 Å². The summed E-state index contributed by atoms with van der Waals surface area (Å²) in [7, 11) is 0. The zero-order valence-corrected chi connectivity index (χ0v) is 32.3. The number of imidazole rings is 1. The van der Waals surface area contributed by atoms with Crippen LogP contribution in [0.5, 0.6) is 0 Å². The first-order valence-electron chi connectivity index (χ1n) is 19.1. The van der Waals surface area contributed by atoms with Crippen LogP contribution in [-0.4, -0.2) is 45.1 Å². The molecular formula is C44H62N6O2. The Morgan fingerprint density at radius 2 is 1.79 bits per heavy atom. The molecule has 8 heteroatoms. The van der Waals surface area contributed by atoms with Crippen molar-refractivity contribution >= 4 is 5.97 Å². The molecule has 1 unspecified atom stereocenters. The van der Waals surface area contributed by atoms with Gasteiger partial charge in [0.1, 0.15) is 12.4 Å². The van der Waals surface area contributed by atoms with Gasteiger partial charge in [-0.2, -0.15) is 0 Å². The van der Waals surface area contributed by atoms with E-state index in [1.54, 1.807) is 12.2 Å². The van der Waals surface area contributed by atoms with E-state index in [0.29, 0.717) is 0 Å². The highest BCUT2D eigenvalue weighted by Crippen LogP contribution is 2.42. The van der Waals surface area contributed by atoms with Crippen molar-refractivity contribution in [3.8, 4) is 0 Å². The van der Waals surface area contributed by atoms with Gasteiger partial charge in [-0.3, -0.25) is 14.7 Å². The number of piperidine rings is 1. The quantitative estimate of drug-likeness (QED) is 0.107. The van der Waals surface area contributed by atoms with E-state index in [4.69, 9.17) is 9.72 Å². The third-order valence-electron chi connectivity index (χ3n) is 10.4. The van der Waals surface area contributed by atoms with Crippen molar-refractivity contribution in [1.82, 2.24) is 30.4 Å². The standard InChI is InChI=1S/C38H54N6O2.C6H8/c1-6-20-44-26-34(40-41-44)15-16-35(38(4,5)37(45)46-28-31-11-9-8-10-12-31)32-14-13-29(3)33(24-32)25-43-23-19-39-36(43)27-42-21-17-30(7-2)18-22-42;1-3-5-6-4-2/h8-14,19,23-24,26,30,35,40-41H,6-7,15-18,20-22,25,27-28H2,1-5H3;3-6H,1-2H2/b;6-5-. The second-order valence-electron chi connectivity index (χ2n) is 14.6. The van der Waals surface area contributed by atoms with Crippen molar-refractivity contribution in [3.63, 3.8) is 0 Å². The fourth-order valence-corrected chi connectivity index (χ4v) is 6.99. The molecule has 5 rings (SSSR count). The van der Waals surface area contributed by atoms with Crippen LogP contribution in [0.3, 0.4) is 0 Å². The van der Waals surface area contributed by atoms with E-state index in [0.717, 1.165) is 75.0 Å². The second-order valence-corrected chi connectivity index (χ2v) is 14.6. The van der Waals surface area contributed by atoms with E-state index in [9.17, 15) is 4.79 Å². The highest BCUT2D eigenvalue weighted by molar-refractivity contribution is 5.77. The normalized spacial score (nSPS) is 15.8. The SMILES string of the molecule is C=C/C=C\C=C.CCCN1C=C(CCC(c2ccc(C)c(Cn3ccnc3CN3CCC(CC)CC3)c2)C(C)(C)C(=O)OCc2ccccc2)NN1. The lowest BCUT2D eigenvalue weighted by Crippen LogP contribution is -2.37. The lowest BCUT2D eigenvalue weighted by Gasteiger charge is -2.33. The Balaban J connectivity index is 0.000000929. The molecule has 280 valence electrons. The van der Waals surface area contributed by atoms with Crippen LogP contribution in [0.15, 0.2) is 110 Å². The predicted molar refractivity (Wildman–Crippen MR) is 214 cm³/mol. The number of nitrogens with zero attached hydrogens (tertiary/aromatic N) is 4. The number of hydrogen-bond donors (Lipinski definition) is 2. The number of carbonyl (C=O) groups is 1. The Morgan fingerprint density at radius 3 is 2.46 bits per heavy atom. The Morgan fingerprint density at radius 1 is 1.06 bits per heavy atom. The molecule has 1 aromatic heterocycles. The molecule has 1 saturated heterocycles. The predicted octanol–water partition coefficient (Wildman–Crippen LogP) is 8.99. The van der Waals surface area contributed by atoms with Crippen molar-refractivity contribution in [3.05, 3.63) is 138 Å². The molecule has 0 bridgehead atoms. The van der Waals surface area contributed by atoms with Crippen LogP contribution in [0.2, 0.25) is 0 Å². The first kappa shape index (κ1) is 40.4. The maximum Gasteiger partial charge on any atom is 0.312 e. The summed E-state index contributed by atoms with van der Waals surface area (Å²) >= 11 is 0. The number of carbonyl (C=O) groups excluding carboxylic acids is 1. The molecule has 1 atom stereocenters. The number of allylic oxidation sites excluding steroid dienone is 5. The Hall–Kier alpha value is -4.40. The lowest BCUT2D eigenvalue weighted by atomic mass is 9.72. The molecular weight excluding hydrogens is 645 g/mol. The minimum atomic E-state index is -0.734. The van der Waals surface area contributed by atoms with Gasteiger partial charge in [-0.15, -0.1) is 5.53 Å². The molecule has 0 saturated carbocycles. The number of aromatic nitrogens is 2. The first-order valence-corrected chi connectivity index (χ1v) is 19.1. The molecule has 8 nitrogen and oxygen atoms in total. The van der Waals surface area contributed by atoms with Gasteiger partial charge in [-0.25, -0.2) is 4.98 Å². The van der Waals surface area contributed by atoms with E-state index in [1.807, 2.05) is 62.5 Å². The molecule has 3 heterocycles. The summed E-state index contributed by atoms with van der Waals surface area (Å²) in [5.41, 5.74) is 11.6. The van der Waals surface area contributed by atoms with E-state index in [2.05, 4.69) is 90.0 Å². The summed E-state index contributed by atoms with van der Waals surface area (Å²) in [4.78, 5) is 21.1. The Bertz CT molecular complexity index is 1610. The van der Waals surface area contributed by atoms with Crippen LogP contribution in [0, 0.1) is 18.3 Å². The summed E-state index contributed by atoms with van der Waals surface area (Å²) in [5.74, 6) is 1.76. The zero-order valence-electron chi connectivity index (χ0n) is 32.3. The molecule has 1 fully saturated rings. The van der Waals surface area contributed by atoms with Crippen LogP contribution in [0.4, 0.5) is 0 Å². The molecule has 2 aliphatic heterocycles. The fourth-order valence-electron chi connectivity index (χ4n) is 6.99. The highest BCUT2D eigenvalue weighted by atomic mass is 16.5. The average molecular weight is 707 g/mol. The minimum Gasteiger partial charge on any atom is -0.460 e. The summed E-state index contributed by atoms with van der Waals surface area (Å²) in [5, 5.41) is 2.09. The number of nitrogens with one attached hydrogen (secondary N) is 2. The van der Waals surface area contributed by atoms with Gasteiger partial charge >= 0.3 is 5.97 Å². The molecule has 0 aliphatic carbocycles. The Labute approximate surface area is 313 Å². The maximum absolute atomic E-state index is 13.8. The number of rotatable bonds is 17. The van der Waals surface area contributed by atoms with E-state index >= 15 is 0 Å². The maximum atomic E-state index is 13.8. The van der Waals surface area contributed by atoms with Crippen molar-refractivity contribution in [2.45, 2.75) is 98.8 Å². The van der Waals surface area contributed by atoms with Crippen LogP contribution in [-0.2, 0) is 29.2 Å².